The van der Waals surface area contributed by atoms with Crippen LogP contribution in [-0.2, 0) is 9.59 Å². The number of fused-ring (bicyclic) bond motifs is 12. The maximum absolute atomic E-state index is 16.5. The molecule has 0 spiro atoms. The number of phenols is 2. The summed E-state index contributed by atoms with van der Waals surface area (Å²) < 4.78 is 48.5. The minimum absolute atomic E-state index is 0.0133. The van der Waals surface area contributed by atoms with Crippen LogP contribution in [0.15, 0.2) is 71.8 Å². The van der Waals surface area contributed by atoms with Gasteiger partial charge in [-0.3, -0.25) is 38.4 Å². The van der Waals surface area contributed by atoms with Gasteiger partial charge in [-0.2, -0.15) is 0 Å². The van der Waals surface area contributed by atoms with Crippen LogP contribution in [0.25, 0.3) is 11.1 Å². The van der Waals surface area contributed by atoms with Crippen LogP contribution in [0.3, 0.4) is 0 Å². The predicted octanol–water partition coefficient (Wildman–Crippen LogP) is 8.39. The summed E-state index contributed by atoms with van der Waals surface area (Å²) in [6, 6.07) is 13.8. The predicted molar refractivity (Wildman–Crippen MR) is 303 cm³/mol. The van der Waals surface area contributed by atoms with E-state index in [0.29, 0.717) is 11.1 Å². The number of Topliss-reactive ketones (excluding diaryl/α,β-unsaturated/α-hetero) is 2. The fourth-order valence-corrected chi connectivity index (χ4v) is 13.5. The number of aryl methyl sites for hydroxylation is 2. The summed E-state index contributed by atoms with van der Waals surface area (Å²) in [5.41, 5.74) is -7.80. The van der Waals surface area contributed by atoms with Gasteiger partial charge in [0.25, 0.3) is 0 Å². The average molecular weight is 1170 g/mol. The molecule has 4 atom stereocenters. The zero-order valence-electron chi connectivity index (χ0n) is 48.1. The second kappa shape index (κ2) is 19.8. The third-order valence-electron chi connectivity index (χ3n) is 16.9. The molecule has 2 aliphatic heterocycles. The first-order chi connectivity index (χ1) is 40.8. The van der Waals surface area contributed by atoms with Crippen molar-refractivity contribution in [1.29, 1.82) is 0 Å². The Balaban J connectivity index is 1.28. The number of carbonyl (C=O) groups is 8. The molecule has 12 rings (SSSR count). The lowest BCUT2D eigenvalue weighted by atomic mass is 9.59. The van der Waals surface area contributed by atoms with Gasteiger partial charge in [-0.1, -0.05) is 0 Å². The fourth-order valence-electron chi connectivity index (χ4n) is 13.5. The number of hydrogen-bond acceptors (Lipinski definition) is 20. The molecule has 0 aromatic heterocycles. The van der Waals surface area contributed by atoms with Crippen molar-refractivity contribution in [2.75, 3.05) is 42.7 Å². The maximum Gasteiger partial charge on any atom is 0.314 e. The lowest BCUT2D eigenvalue weighted by molar-refractivity contribution is -0.140. The summed E-state index contributed by atoms with van der Waals surface area (Å²) in [6.45, 7) is 5.86. The van der Waals surface area contributed by atoms with Crippen molar-refractivity contribution in [3.05, 3.63) is 161 Å². The Bertz CT molecular complexity index is 4030. The number of ketones is 6. The van der Waals surface area contributed by atoms with Gasteiger partial charge in [-0.05, 0) is 122 Å². The van der Waals surface area contributed by atoms with Crippen molar-refractivity contribution in [1.82, 2.24) is 0 Å². The maximum atomic E-state index is 16.5. The highest BCUT2D eigenvalue weighted by Crippen LogP contribution is 2.63. The standard InChI is InChI=1S/C66H54O20/c1-25-11-31-47(37(67)13-25)59(73)53-33(57(31)71)19-41(83-9)55-51-35(21-65(3,77)23-43(69)85-63(53)55)45(29-15-27(79-5)17-39(81-7)49(29)61(51)75)46-30-16-28(80-6)18-40(82-8)50(30)62(76)52-36(46)22-66(4,78)24-44(70)86-64-54-34(20-42(84-10)56(52)64)58(72)32-12-26(2)14-38(68)48(32)60(54)74/h11-20,45-46,67-68,77-78H,21-24H2,1-10H3/t45-,46+,65-,66-/m1/s1. The van der Waals surface area contributed by atoms with E-state index in [1.165, 1.54) is 117 Å². The number of hydrogen-bond donors (Lipinski definition) is 4. The molecule has 86 heavy (non-hydrogen) atoms. The van der Waals surface area contributed by atoms with Gasteiger partial charge >= 0.3 is 11.9 Å². The molecule has 6 aromatic rings. The van der Waals surface area contributed by atoms with Gasteiger partial charge in [-0.25, -0.2) is 0 Å². The number of benzene rings is 6. The highest BCUT2D eigenvalue weighted by atomic mass is 16.5. The molecule has 0 unspecified atom stereocenters. The lowest BCUT2D eigenvalue weighted by Crippen LogP contribution is -2.37. The molecule has 0 fully saturated rings. The van der Waals surface area contributed by atoms with Crippen molar-refractivity contribution in [2.24, 2.45) is 0 Å². The molecular weight excluding hydrogens is 1110 g/mol. The summed E-state index contributed by atoms with van der Waals surface area (Å²) in [6.07, 6.45) is -2.85. The number of phenolic OH excluding ortho intramolecular Hbond substituents is 2. The molecule has 20 heteroatoms. The molecule has 0 saturated heterocycles. The molecule has 2 heterocycles. The Hall–Kier alpha value is -9.92. The smallest absolute Gasteiger partial charge is 0.314 e. The van der Waals surface area contributed by atoms with E-state index >= 15 is 19.2 Å². The Morgan fingerprint density at radius 2 is 0.733 bits per heavy atom. The van der Waals surface area contributed by atoms with E-state index in [9.17, 15) is 39.6 Å². The van der Waals surface area contributed by atoms with E-state index < -0.39 is 141 Å². The monoisotopic (exact) mass is 1170 g/mol. The van der Waals surface area contributed by atoms with E-state index in [0.717, 1.165) is 0 Å². The first-order valence-electron chi connectivity index (χ1n) is 27.1. The average Bonchev–Trinajstić information content (AvgIpc) is 0.937. The van der Waals surface area contributed by atoms with Crippen molar-refractivity contribution in [3.8, 4) is 57.5 Å². The van der Waals surface area contributed by atoms with E-state index in [4.69, 9.17) is 37.9 Å². The highest BCUT2D eigenvalue weighted by molar-refractivity contribution is 6.38. The number of esters is 2. The van der Waals surface area contributed by atoms with Crippen molar-refractivity contribution >= 4 is 57.8 Å². The Morgan fingerprint density at radius 1 is 0.395 bits per heavy atom. The van der Waals surface area contributed by atoms with E-state index in [-0.39, 0.29) is 112 Å². The quantitative estimate of drug-likeness (QED) is 0.0860. The molecule has 6 aromatic carbocycles. The highest BCUT2D eigenvalue weighted by Gasteiger charge is 2.53. The van der Waals surface area contributed by atoms with Crippen molar-refractivity contribution < 1.29 is 96.7 Å². The van der Waals surface area contributed by atoms with Crippen molar-refractivity contribution in [2.45, 2.75) is 76.4 Å². The molecule has 20 nitrogen and oxygen atoms in total. The second-order valence-corrected chi connectivity index (χ2v) is 22.8. The first kappa shape index (κ1) is 56.6. The molecule has 0 saturated carbocycles. The van der Waals surface area contributed by atoms with E-state index in [1.807, 2.05) is 0 Å². The lowest BCUT2D eigenvalue weighted by Gasteiger charge is -2.43. The van der Waals surface area contributed by atoms with Crippen LogP contribution >= 0.6 is 0 Å². The van der Waals surface area contributed by atoms with Gasteiger partial charge in [0.2, 0.25) is 11.6 Å². The molecule has 4 N–H and O–H groups in total. The number of rotatable bonds is 7. The van der Waals surface area contributed by atoms with E-state index in [1.54, 1.807) is 13.8 Å². The summed E-state index contributed by atoms with van der Waals surface area (Å²) in [5, 5.41) is 48.5. The molecule has 0 radical (unpaired) electrons. The number of ether oxygens (including phenoxy) is 8. The van der Waals surface area contributed by atoms with Gasteiger partial charge < -0.3 is 58.3 Å². The minimum Gasteiger partial charge on any atom is -0.507 e. The Labute approximate surface area is 490 Å². The Morgan fingerprint density at radius 3 is 1.07 bits per heavy atom. The van der Waals surface area contributed by atoms with Gasteiger partial charge in [-0.15, -0.1) is 0 Å². The summed E-state index contributed by atoms with van der Waals surface area (Å²) in [7, 11) is 7.77. The van der Waals surface area contributed by atoms with Crippen molar-refractivity contribution in [3.63, 3.8) is 0 Å². The molecule has 438 valence electrons. The summed E-state index contributed by atoms with van der Waals surface area (Å²) >= 11 is 0. The summed E-state index contributed by atoms with van der Waals surface area (Å²) in [5.74, 6) is -13.2. The van der Waals surface area contributed by atoms with Gasteiger partial charge in [0, 0.05) is 57.4 Å². The SMILES string of the molecule is COc1cc(OC)c2c(c1)[C@H]([C@H]1C3=C(C(=O)c4c(OC)cc(OC)cc41)c1c(OC)cc4c(c1OC(=O)C[C@](C)(O)C3)C(=O)c1c(O)cc(C)cc1C4=O)C1=C(C2=O)c2c(OC)cc3c(c2OC(=O)C[C@](C)(O)C1)C(=O)c1c(O)cc(C)cc1C3=O. The second-order valence-electron chi connectivity index (χ2n) is 22.8. The van der Waals surface area contributed by atoms with Crippen LogP contribution in [0.5, 0.6) is 57.5 Å². The molecule has 4 aliphatic carbocycles. The Kier molecular flexibility index (Phi) is 13.1. The van der Waals surface area contributed by atoms with E-state index in [2.05, 4.69) is 0 Å². The zero-order chi connectivity index (χ0) is 61.7. The van der Waals surface area contributed by atoms with Crippen LogP contribution < -0.4 is 37.9 Å². The molecular formula is C66H54O20. The number of aromatic hydroxyl groups is 2. The third kappa shape index (κ3) is 8.32. The largest absolute Gasteiger partial charge is 0.507 e. The van der Waals surface area contributed by atoms with Crippen LogP contribution in [0.1, 0.15) is 169 Å². The molecule has 0 amide bonds. The first-order valence-corrected chi connectivity index (χ1v) is 27.1. The number of carbonyl (C=O) groups excluding carboxylic acids is 8. The number of aliphatic hydroxyl groups is 2. The van der Waals surface area contributed by atoms with Crippen LogP contribution in [0, 0.1) is 13.8 Å². The van der Waals surface area contributed by atoms with Gasteiger partial charge in [0.05, 0.1) is 111 Å². The number of allylic oxidation sites excluding steroid dienone is 2. The van der Waals surface area contributed by atoms with Crippen LogP contribution in [0.2, 0.25) is 0 Å². The minimum atomic E-state index is -2.18. The molecule has 6 aliphatic rings. The topological polar surface area (TPSA) is 291 Å². The third-order valence-corrected chi connectivity index (χ3v) is 16.9. The van der Waals surface area contributed by atoms with Crippen LogP contribution in [0.4, 0.5) is 0 Å². The normalized spacial score (nSPS) is 21.1. The number of methoxy groups -OCH3 is 6. The van der Waals surface area contributed by atoms with Gasteiger partial charge in [0.15, 0.2) is 34.6 Å². The summed E-state index contributed by atoms with van der Waals surface area (Å²) in [4.78, 5) is 122. The van der Waals surface area contributed by atoms with Gasteiger partial charge in [0.1, 0.15) is 46.0 Å². The molecule has 0 bridgehead atoms. The van der Waals surface area contributed by atoms with Crippen LogP contribution in [-0.4, -0.2) is 121 Å². The fraction of sp³-hybridized carbons (Fsp3) is 0.273. The zero-order valence-corrected chi connectivity index (χ0v) is 48.1.